The van der Waals surface area contributed by atoms with Crippen molar-refractivity contribution in [3.63, 3.8) is 0 Å². The van der Waals surface area contributed by atoms with Crippen molar-refractivity contribution in [1.82, 2.24) is 0 Å². The molecule has 1 nitrogen and oxygen atoms in total. The van der Waals surface area contributed by atoms with Crippen LogP contribution in [-0.4, -0.2) is 6.61 Å². The fourth-order valence-corrected chi connectivity index (χ4v) is 4.72. The third-order valence-corrected chi connectivity index (χ3v) is 4.74. The summed E-state index contributed by atoms with van der Waals surface area (Å²) in [5, 5.41) is 0.895. The zero-order chi connectivity index (χ0) is 11.5. The molecule has 1 aromatic rings. The van der Waals surface area contributed by atoms with E-state index in [4.69, 9.17) is 16.3 Å². The number of hydrogen-bond donors (Lipinski definition) is 0. The second-order valence-electron chi connectivity index (χ2n) is 5.29. The van der Waals surface area contributed by atoms with Gasteiger partial charge < -0.3 is 4.74 Å². The predicted molar refractivity (Wildman–Crippen MR) is 70.0 cm³/mol. The fourth-order valence-electron chi connectivity index (χ4n) is 2.94. The number of halogens is 2. The van der Waals surface area contributed by atoms with Crippen molar-refractivity contribution in [2.24, 2.45) is 0 Å². The van der Waals surface area contributed by atoms with Gasteiger partial charge >= 0.3 is 0 Å². The number of hydrogen-bond acceptors (Lipinski definition) is 1. The minimum absolute atomic E-state index is 0.156. The molecule has 0 radical (unpaired) electrons. The van der Waals surface area contributed by atoms with Gasteiger partial charge in [0.15, 0.2) is 0 Å². The van der Waals surface area contributed by atoms with E-state index in [1.807, 2.05) is 0 Å². The van der Waals surface area contributed by atoms with Gasteiger partial charge in [0, 0.05) is 21.8 Å². The normalized spacial score (nSPS) is 25.1. The minimum atomic E-state index is 0.156. The smallest absolute Gasteiger partial charge is 0.126 e. The molecular formula is C13H14BrClO. The van der Waals surface area contributed by atoms with Gasteiger partial charge in [0.1, 0.15) is 5.75 Å². The first kappa shape index (κ1) is 10.9. The summed E-state index contributed by atoms with van der Waals surface area (Å²) in [6.45, 7) is 5.34. The lowest BCUT2D eigenvalue weighted by molar-refractivity contribution is 0.346. The lowest BCUT2D eigenvalue weighted by atomic mass is 9.85. The van der Waals surface area contributed by atoms with Gasteiger partial charge in [0.05, 0.1) is 6.61 Å². The van der Waals surface area contributed by atoms with E-state index >= 15 is 0 Å². The van der Waals surface area contributed by atoms with Crippen LogP contribution in [0.3, 0.4) is 0 Å². The number of rotatable bonds is 0. The van der Waals surface area contributed by atoms with Gasteiger partial charge in [-0.2, -0.15) is 0 Å². The van der Waals surface area contributed by atoms with Crippen molar-refractivity contribution in [2.45, 2.75) is 36.9 Å². The monoisotopic (exact) mass is 300 g/mol. The van der Waals surface area contributed by atoms with Crippen molar-refractivity contribution in [2.75, 3.05) is 6.61 Å². The Kier molecular flexibility index (Phi) is 2.31. The van der Waals surface area contributed by atoms with Crippen molar-refractivity contribution < 1.29 is 4.74 Å². The zero-order valence-electron chi connectivity index (χ0n) is 9.44. The highest BCUT2D eigenvalue weighted by Crippen LogP contribution is 2.56. The molecule has 0 amide bonds. The molecule has 0 spiro atoms. The molecule has 0 N–H and O–H groups in total. The zero-order valence-corrected chi connectivity index (χ0v) is 11.8. The summed E-state index contributed by atoms with van der Waals surface area (Å²) in [6.07, 6.45) is 2.08. The van der Waals surface area contributed by atoms with Crippen molar-refractivity contribution in [1.29, 1.82) is 0 Å². The highest BCUT2D eigenvalue weighted by Gasteiger charge is 2.41. The van der Waals surface area contributed by atoms with Crippen LogP contribution in [0.25, 0.3) is 0 Å². The summed E-state index contributed by atoms with van der Waals surface area (Å²) in [7, 11) is 0. The Bertz CT molecular complexity index is 467. The Morgan fingerprint density at radius 3 is 3.00 bits per heavy atom. The van der Waals surface area contributed by atoms with Crippen LogP contribution in [0.4, 0.5) is 0 Å². The standard InChI is InChI=1S/C13H14BrClO/c1-13(2)6-8(14)10-9(15)5-7-3-4-16-12(7)11(10)13/h5,8H,3-4,6H2,1-2H3. The van der Waals surface area contributed by atoms with Crippen LogP contribution in [0, 0.1) is 0 Å². The number of ether oxygens (including phenoxy) is 1. The molecule has 1 aliphatic heterocycles. The van der Waals surface area contributed by atoms with Gasteiger partial charge in [-0.05, 0) is 29.0 Å². The molecule has 1 unspecified atom stereocenters. The van der Waals surface area contributed by atoms with Crippen LogP contribution in [-0.2, 0) is 11.8 Å². The van der Waals surface area contributed by atoms with Crippen molar-refractivity contribution >= 4 is 27.5 Å². The average molecular weight is 302 g/mol. The molecule has 0 bridgehead atoms. The van der Waals surface area contributed by atoms with Gasteiger partial charge in [0.25, 0.3) is 0 Å². The Balaban J connectivity index is 2.33. The molecule has 1 aromatic carbocycles. The van der Waals surface area contributed by atoms with Crippen LogP contribution >= 0.6 is 27.5 Å². The molecule has 1 aliphatic carbocycles. The minimum Gasteiger partial charge on any atom is -0.493 e. The molecule has 1 heterocycles. The molecule has 0 fully saturated rings. The Hall–Kier alpha value is -0.210. The van der Waals surface area contributed by atoms with Crippen LogP contribution < -0.4 is 4.74 Å². The van der Waals surface area contributed by atoms with E-state index in [-0.39, 0.29) is 5.41 Å². The summed E-state index contributed by atoms with van der Waals surface area (Å²) in [5.41, 5.74) is 4.00. The molecule has 0 saturated carbocycles. The molecule has 2 aliphatic rings. The molecule has 1 atom stereocenters. The summed E-state index contributed by atoms with van der Waals surface area (Å²) in [6, 6.07) is 2.08. The third-order valence-electron chi connectivity index (χ3n) is 3.64. The topological polar surface area (TPSA) is 9.23 Å². The molecule has 86 valence electrons. The second-order valence-corrected chi connectivity index (χ2v) is 6.80. The van der Waals surface area contributed by atoms with E-state index in [2.05, 4.69) is 35.8 Å². The quantitative estimate of drug-likeness (QED) is 0.646. The Morgan fingerprint density at radius 1 is 1.50 bits per heavy atom. The Labute approximate surface area is 109 Å². The SMILES string of the molecule is CC1(C)CC(Br)c2c(Cl)cc3c(c21)OCC3. The molecule has 0 aromatic heterocycles. The van der Waals surface area contributed by atoms with Gasteiger partial charge in [-0.25, -0.2) is 0 Å². The summed E-state index contributed by atoms with van der Waals surface area (Å²) < 4.78 is 5.80. The first-order valence-corrected chi connectivity index (χ1v) is 6.93. The van der Waals surface area contributed by atoms with Crippen LogP contribution in [0.1, 0.15) is 41.8 Å². The summed E-state index contributed by atoms with van der Waals surface area (Å²) in [5.74, 6) is 1.10. The van der Waals surface area contributed by atoms with Crippen LogP contribution in [0.2, 0.25) is 5.02 Å². The highest BCUT2D eigenvalue weighted by molar-refractivity contribution is 9.09. The van der Waals surface area contributed by atoms with Gasteiger partial charge in [-0.3, -0.25) is 0 Å². The van der Waals surface area contributed by atoms with Crippen LogP contribution in [0.15, 0.2) is 6.07 Å². The van der Waals surface area contributed by atoms with Crippen LogP contribution in [0.5, 0.6) is 5.75 Å². The maximum Gasteiger partial charge on any atom is 0.126 e. The largest absolute Gasteiger partial charge is 0.493 e. The van der Waals surface area contributed by atoms with E-state index in [1.165, 1.54) is 16.7 Å². The second kappa shape index (κ2) is 3.39. The van der Waals surface area contributed by atoms with Gasteiger partial charge in [-0.15, -0.1) is 0 Å². The third kappa shape index (κ3) is 1.36. The maximum atomic E-state index is 6.39. The van der Waals surface area contributed by atoms with Gasteiger partial charge in [0.2, 0.25) is 0 Å². The summed E-state index contributed by atoms with van der Waals surface area (Å²) in [4.78, 5) is 0.361. The van der Waals surface area contributed by atoms with Crippen molar-refractivity contribution in [3.8, 4) is 5.75 Å². The Morgan fingerprint density at radius 2 is 2.25 bits per heavy atom. The van der Waals surface area contributed by atoms with E-state index in [9.17, 15) is 0 Å². The highest BCUT2D eigenvalue weighted by atomic mass is 79.9. The van der Waals surface area contributed by atoms with E-state index in [0.717, 1.165) is 30.2 Å². The molecule has 3 heteroatoms. The lowest BCUT2D eigenvalue weighted by Gasteiger charge is -2.21. The summed E-state index contributed by atoms with van der Waals surface area (Å²) >= 11 is 10.1. The van der Waals surface area contributed by atoms with E-state index in [0.29, 0.717) is 4.83 Å². The number of fused-ring (bicyclic) bond motifs is 3. The van der Waals surface area contributed by atoms with E-state index < -0.39 is 0 Å². The number of benzene rings is 1. The van der Waals surface area contributed by atoms with E-state index in [1.54, 1.807) is 0 Å². The number of alkyl halides is 1. The lowest BCUT2D eigenvalue weighted by Crippen LogP contribution is -2.13. The molecule has 16 heavy (non-hydrogen) atoms. The van der Waals surface area contributed by atoms with Gasteiger partial charge in [-0.1, -0.05) is 41.4 Å². The molecule has 3 rings (SSSR count). The predicted octanol–water partition coefficient (Wildman–Crippen LogP) is 4.39. The molecule has 0 saturated heterocycles. The van der Waals surface area contributed by atoms with Crippen molar-refractivity contribution in [3.05, 3.63) is 27.8 Å². The first-order valence-electron chi connectivity index (χ1n) is 5.63. The first-order chi connectivity index (χ1) is 7.50. The molecular weight excluding hydrogens is 287 g/mol. The average Bonchev–Trinajstić information content (AvgIpc) is 2.68. The maximum absolute atomic E-state index is 6.39. The fraction of sp³-hybridized carbons (Fsp3) is 0.538.